The van der Waals surface area contributed by atoms with Gasteiger partial charge in [-0.25, -0.2) is 0 Å². The Morgan fingerprint density at radius 3 is 2.52 bits per heavy atom. The summed E-state index contributed by atoms with van der Waals surface area (Å²) in [5.74, 6) is 0.110. The number of aldehydes is 1. The standard InChI is InChI=1S/C16H19ClN2O2/c1-18-15-11(8-12(9-20)16(21)19-2)6-7-13(14(15)17)10-4-3-5-10/h6-10,18H,3-5H2,1-2H3,(H,19,21)/b12-8+. The van der Waals surface area contributed by atoms with E-state index in [9.17, 15) is 9.59 Å². The number of carbonyl (C=O) groups is 2. The minimum absolute atomic E-state index is 0.0708. The number of benzene rings is 1. The molecule has 1 fully saturated rings. The number of anilines is 1. The molecular formula is C16H19ClN2O2. The third-order valence-electron chi connectivity index (χ3n) is 3.93. The zero-order valence-corrected chi connectivity index (χ0v) is 13.0. The van der Waals surface area contributed by atoms with E-state index < -0.39 is 5.91 Å². The number of likely N-dealkylation sites (N-methyl/N-ethyl adjacent to an activating group) is 1. The molecule has 1 amide bonds. The molecule has 112 valence electrons. The van der Waals surface area contributed by atoms with Crippen LogP contribution in [-0.4, -0.2) is 26.3 Å². The Labute approximate surface area is 129 Å². The number of hydrogen-bond donors (Lipinski definition) is 2. The molecule has 0 spiro atoms. The van der Waals surface area contributed by atoms with Gasteiger partial charge >= 0.3 is 0 Å². The van der Waals surface area contributed by atoms with Crippen molar-refractivity contribution in [2.24, 2.45) is 0 Å². The molecule has 2 N–H and O–H groups in total. The van der Waals surface area contributed by atoms with Gasteiger partial charge in [0.05, 0.1) is 16.3 Å². The molecule has 0 atom stereocenters. The molecule has 0 aromatic heterocycles. The molecule has 1 aromatic rings. The Morgan fingerprint density at radius 1 is 1.33 bits per heavy atom. The normalized spacial score (nSPS) is 15.3. The van der Waals surface area contributed by atoms with Gasteiger partial charge in [0.1, 0.15) is 0 Å². The smallest absolute Gasteiger partial charge is 0.254 e. The van der Waals surface area contributed by atoms with Crippen molar-refractivity contribution in [2.75, 3.05) is 19.4 Å². The summed E-state index contributed by atoms with van der Waals surface area (Å²) in [7, 11) is 3.27. The summed E-state index contributed by atoms with van der Waals surface area (Å²) < 4.78 is 0. The van der Waals surface area contributed by atoms with Crippen molar-refractivity contribution < 1.29 is 9.59 Å². The summed E-state index contributed by atoms with van der Waals surface area (Å²) >= 11 is 6.48. The van der Waals surface area contributed by atoms with Crippen molar-refractivity contribution >= 4 is 35.6 Å². The maximum Gasteiger partial charge on any atom is 0.254 e. The Kier molecular flexibility index (Phi) is 5.02. The third kappa shape index (κ3) is 3.10. The molecule has 2 rings (SSSR count). The summed E-state index contributed by atoms with van der Waals surface area (Å²) in [6.45, 7) is 0. The van der Waals surface area contributed by atoms with Crippen molar-refractivity contribution in [3.63, 3.8) is 0 Å². The maximum absolute atomic E-state index is 11.6. The molecule has 1 aromatic carbocycles. The zero-order valence-electron chi connectivity index (χ0n) is 12.2. The topological polar surface area (TPSA) is 58.2 Å². The largest absolute Gasteiger partial charge is 0.386 e. The average molecular weight is 307 g/mol. The van der Waals surface area contributed by atoms with Crippen LogP contribution in [0.1, 0.15) is 36.3 Å². The van der Waals surface area contributed by atoms with Crippen LogP contribution < -0.4 is 10.6 Å². The highest BCUT2D eigenvalue weighted by atomic mass is 35.5. The monoisotopic (exact) mass is 306 g/mol. The molecule has 21 heavy (non-hydrogen) atoms. The van der Waals surface area contributed by atoms with Crippen LogP contribution in [0.5, 0.6) is 0 Å². The van der Waals surface area contributed by atoms with E-state index in [-0.39, 0.29) is 5.57 Å². The van der Waals surface area contributed by atoms with Crippen LogP contribution in [0.4, 0.5) is 5.69 Å². The fourth-order valence-corrected chi connectivity index (χ4v) is 2.90. The first-order chi connectivity index (χ1) is 10.1. The van der Waals surface area contributed by atoms with Crippen molar-refractivity contribution in [1.29, 1.82) is 0 Å². The molecular weight excluding hydrogens is 288 g/mol. The van der Waals surface area contributed by atoms with Crippen LogP contribution in [0, 0.1) is 0 Å². The summed E-state index contributed by atoms with van der Waals surface area (Å²) in [6, 6.07) is 3.89. The second kappa shape index (κ2) is 6.76. The Hall–Kier alpha value is -1.81. The third-order valence-corrected chi connectivity index (χ3v) is 4.33. The molecule has 0 heterocycles. The number of hydrogen-bond acceptors (Lipinski definition) is 3. The summed E-state index contributed by atoms with van der Waals surface area (Å²) in [4.78, 5) is 22.6. The van der Waals surface area contributed by atoms with Crippen LogP contribution in [0.3, 0.4) is 0 Å². The van der Waals surface area contributed by atoms with Gasteiger partial charge in [0, 0.05) is 19.7 Å². The van der Waals surface area contributed by atoms with Crippen LogP contribution in [-0.2, 0) is 9.59 Å². The van der Waals surface area contributed by atoms with Gasteiger partial charge < -0.3 is 10.6 Å². The van der Waals surface area contributed by atoms with Gasteiger partial charge in [0.2, 0.25) is 0 Å². The van der Waals surface area contributed by atoms with Crippen molar-refractivity contribution in [3.8, 4) is 0 Å². The zero-order chi connectivity index (χ0) is 15.4. The van der Waals surface area contributed by atoms with Crippen molar-refractivity contribution in [1.82, 2.24) is 5.32 Å². The molecule has 5 heteroatoms. The van der Waals surface area contributed by atoms with Gasteiger partial charge in [-0.3, -0.25) is 9.59 Å². The van der Waals surface area contributed by atoms with E-state index in [0.29, 0.717) is 17.2 Å². The highest BCUT2D eigenvalue weighted by molar-refractivity contribution is 6.34. The fourth-order valence-electron chi connectivity index (χ4n) is 2.48. The van der Waals surface area contributed by atoms with E-state index in [4.69, 9.17) is 11.6 Å². The van der Waals surface area contributed by atoms with E-state index in [1.54, 1.807) is 13.1 Å². The number of carbonyl (C=O) groups excluding carboxylic acids is 2. The molecule has 0 radical (unpaired) electrons. The molecule has 1 aliphatic carbocycles. The van der Waals surface area contributed by atoms with E-state index in [1.165, 1.54) is 13.5 Å². The van der Waals surface area contributed by atoms with Gasteiger partial charge in [-0.1, -0.05) is 30.2 Å². The predicted molar refractivity (Wildman–Crippen MR) is 85.7 cm³/mol. The second-order valence-electron chi connectivity index (χ2n) is 5.11. The molecule has 0 saturated heterocycles. The number of nitrogens with one attached hydrogen (secondary N) is 2. The maximum atomic E-state index is 11.6. The van der Waals surface area contributed by atoms with Gasteiger partial charge in [-0.15, -0.1) is 0 Å². The molecule has 1 saturated carbocycles. The van der Waals surface area contributed by atoms with E-state index in [0.717, 1.165) is 29.7 Å². The lowest BCUT2D eigenvalue weighted by Crippen LogP contribution is -2.20. The van der Waals surface area contributed by atoms with Gasteiger partial charge in [0.15, 0.2) is 6.29 Å². The molecule has 0 bridgehead atoms. The number of halogens is 1. The van der Waals surface area contributed by atoms with Crippen molar-refractivity contribution in [3.05, 3.63) is 33.9 Å². The van der Waals surface area contributed by atoms with E-state index in [2.05, 4.69) is 10.6 Å². The Bertz CT molecular complexity index is 592. The second-order valence-corrected chi connectivity index (χ2v) is 5.49. The fraction of sp³-hybridized carbons (Fsp3) is 0.375. The van der Waals surface area contributed by atoms with E-state index in [1.807, 2.05) is 12.1 Å². The lowest BCUT2D eigenvalue weighted by Gasteiger charge is -2.28. The summed E-state index contributed by atoms with van der Waals surface area (Å²) in [5.41, 5.74) is 2.69. The minimum Gasteiger partial charge on any atom is -0.386 e. The molecule has 0 aliphatic heterocycles. The first-order valence-corrected chi connectivity index (χ1v) is 7.39. The lowest BCUT2D eigenvalue weighted by molar-refractivity contribution is -0.118. The average Bonchev–Trinajstić information content (AvgIpc) is 2.44. The van der Waals surface area contributed by atoms with Gasteiger partial charge in [0.25, 0.3) is 5.91 Å². The molecule has 0 unspecified atom stereocenters. The highest BCUT2D eigenvalue weighted by Crippen LogP contribution is 2.43. The SMILES string of the molecule is CNC(=O)/C(C=O)=C/c1ccc(C2CCC2)c(Cl)c1NC. The van der Waals surface area contributed by atoms with Crippen LogP contribution >= 0.6 is 11.6 Å². The van der Waals surface area contributed by atoms with Crippen LogP contribution in [0.2, 0.25) is 5.02 Å². The minimum atomic E-state index is -0.411. The first-order valence-electron chi connectivity index (χ1n) is 7.01. The quantitative estimate of drug-likeness (QED) is 0.380. The molecule has 4 nitrogen and oxygen atoms in total. The summed E-state index contributed by atoms with van der Waals surface area (Å²) in [5, 5.41) is 6.19. The Morgan fingerprint density at radius 2 is 2.05 bits per heavy atom. The highest BCUT2D eigenvalue weighted by Gasteiger charge is 2.23. The predicted octanol–water partition coefficient (Wildman–Crippen LogP) is 2.98. The van der Waals surface area contributed by atoms with Crippen LogP contribution in [0.25, 0.3) is 6.08 Å². The van der Waals surface area contributed by atoms with Crippen LogP contribution in [0.15, 0.2) is 17.7 Å². The van der Waals surface area contributed by atoms with Crippen molar-refractivity contribution in [2.45, 2.75) is 25.2 Å². The number of amides is 1. The summed E-state index contributed by atoms with van der Waals surface area (Å²) in [6.07, 6.45) is 5.66. The van der Waals surface area contributed by atoms with Gasteiger partial charge in [-0.05, 0) is 30.4 Å². The Balaban J connectivity index is 2.44. The lowest BCUT2D eigenvalue weighted by atomic mass is 9.79. The van der Waals surface area contributed by atoms with Gasteiger partial charge in [-0.2, -0.15) is 0 Å². The molecule has 1 aliphatic rings. The van der Waals surface area contributed by atoms with E-state index >= 15 is 0 Å². The first kappa shape index (κ1) is 15.6. The number of rotatable bonds is 5.